The van der Waals surface area contributed by atoms with Crippen LogP contribution in [-0.2, 0) is 6.42 Å². The Morgan fingerprint density at radius 3 is 2.65 bits per heavy atom. The topological polar surface area (TPSA) is 72.7 Å². The molecule has 6 nitrogen and oxygen atoms in total. The van der Waals surface area contributed by atoms with E-state index in [2.05, 4.69) is 15.9 Å². The van der Waals surface area contributed by atoms with Gasteiger partial charge >= 0.3 is 6.09 Å². The summed E-state index contributed by atoms with van der Waals surface area (Å²) in [6.07, 6.45) is -0.0526. The number of nitro groups is 1. The molecule has 118 valence electrons. The van der Waals surface area contributed by atoms with Gasteiger partial charge in [-0.2, -0.15) is 0 Å². The predicted octanol–water partition coefficient (Wildman–Crippen LogP) is 4.06. The molecule has 0 fully saturated rings. The lowest BCUT2D eigenvalue weighted by molar-refractivity contribution is -0.384. The molecule has 23 heavy (non-hydrogen) atoms. The zero-order valence-electron chi connectivity index (χ0n) is 11.7. The molecule has 0 spiro atoms. The van der Waals surface area contributed by atoms with Gasteiger partial charge in [-0.25, -0.2) is 9.18 Å². The van der Waals surface area contributed by atoms with Gasteiger partial charge in [-0.15, -0.1) is 0 Å². The van der Waals surface area contributed by atoms with Crippen LogP contribution in [-0.4, -0.2) is 17.6 Å². The Morgan fingerprint density at radius 1 is 1.30 bits per heavy atom. The van der Waals surface area contributed by atoms with Crippen molar-refractivity contribution < 1.29 is 18.8 Å². The SMILES string of the molecule is O=C(Oc1ccc([N+](=O)[O-])cc1)N1CCc2cc(Br)c(F)cc21. The number of carbonyl (C=O) groups is 1. The quantitative estimate of drug-likeness (QED) is 0.581. The van der Waals surface area contributed by atoms with Crippen molar-refractivity contribution in [3.05, 3.63) is 62.4 Å². The molecule has 1 amide bonds. The minimum absolute atomic E-state index is 0.0942. The maximum atomic E-state index is 13.7. The number of fused-ring (bicyclic) bond motifs is 1. The maximum absolute atomic E-state index is 13.7. The van der Waals surface area contributed by atoms with Gasteiger partial charge in [0.25, 0.3) is 5.69 Å². The number of anilines is 1. The smallest absolute Gasteiger partial charge is 0.410 e. The number of benzene rings is 2. The molecule has 0 saturated heterocycles. The summed E-state index contributed by atoms with van der Waals surface area (Å²) < 4.78 is 19.2. The first-order valence-corrected chi connectivity index (χ1v) is 7.47. The van der Waals surface area contributed by atoms with Crippen molar-refractivity contribution in [2.75, 3.05) is 11.4 Å². The van der Waals surface area contributed by atoms with E-state index in [4.69, 9.17) is 4.74 Å². The van der Waals surface area contributed by atoms with E-state index in [-0.39, 0.29) is 11.4 Å². The predicted molar refractivity (Wildman–Crippen MR) is 84.3 cm³/mol. The fraction of sp³-hybridized carbons (Fsp3) is 0.133. The zero-order chi connectivity index (χ0) is 16.6. The van der Waals surface area contributed by atoms with E-state index in [1.54, 1.807) is 6.07 Å². The van der Waals surface area contributed by atoms with Crippen LogP contribution in [0.2, 0.25) is 0 Å². The molecule has 1 heterocycles. The Labute approximate surface area is 138 Å². The van der Waals surface area contributed by atoms with E-state index < -0.39 is 16.8 Å². The lowest BCUT2D eigenvalue weighted by Crippen LogP contribution is -2.31. The Balaban J connectivity index is 1.78. The Morgan fingerprint density at radius 2 is 2.00 bits per heavy atom. The Hall–Kier alpha value is -2.48. The Bertz CT molecular complexity index is 795. The first-order chi connectivity index (χ1) is 11.0. The number of non-ortho nitro benzene ring substituents is 1. The van der Waals surface area contributed by atoms with Gasteiger partial charge in [0.1, 0.15) is 11.6 Å². The average molecular weight is 381 g/mol. The fourth-order valence-electron chi connectivity index (χ4n) is 2.36. The third kappa shape index (κ3) is 3.02. The number of rotatable bonds is 2. The van der Waals surface area contributed by atoms with Crippen molar-refractivity contribution in [3.63, 3.8) is 0 Å². The number of nitrogens with zero attached hydrogens (tertiary/aromatic N) is 2. The van der Waals surface area contributed by atoms with Crippen LogP contribution in [0, 0.1) is 15.9 Å². The van der Waals surface area contributed by atoms with Crippen LogP contribution in [0.5, 0.6) is 5.75 Å². The summed E-state index contributed by atoms with van der Waals surface area (Å²) in [4.78, 5) is 23.6. The van der Waals surface area contributed by atoms with Gasteiger partial charge in [-0.3, -0.25) is 15.0 Å². The van der Waals surface area contributed by atoms with Gasteiger partial charge in [0.15, 0.2) is 0 Å². The molecular formula is C15H10BrFN2O4. The van der Waals surface area contributed by atoms with E-state index in [1.807, 2.05) is 0 Å². The first kappa shape index (κ1) is 15.4. The summed E-state index contributed by atoms with van der Waals surface area (Å²) in [5, 5.41) is 10.6. The summed E-state index contributed by atoms with van der Waals surface area (Å²) in [6, 6.07) is 8.10. The highest BCUT2D eigenvalue weighted by molar-refractivity contribution is 9.10. The second-order valence-corrected chi connectivity index (χ2v) is 5.77. The largest absolute Gasteiger partial charge is 0.419 e. The lowest BCUT2D eigenvalue weighted by atomic mass is 10.2. The second-order valence-electron chi connectivity index (χ2n) is 4.92. The fourth-order valence-corrected chi connectivity index (χ4v) is 2.75. The van der Waals surface area contributed by atoms with E-state index in [9.17, 15) is 19.3 Å². The standard InChI is InChI=1S/C15H10BrFN2O4/c16-12-7-9-5-6-18(14(9)8-13(12)17)15(20)23-11-3-1-10(2-4-11)19(21)22/h1-4,7-8H,5-6H2. The summed E-state index contributed by atoms with van der Waals surface area (Å²) in [5.41, 5.74) is 1.22. The number of halogens is 2. The highest BCUT2D eigenvalue weighted by Crippen LogP contribution is 2.33. The second kappa shape index (κ2) is 5.96. The minimum Gasteiger partial charge on any atom is -0.410 e. The van der Waals surface area contributed by atoms with Crippen LogP contribution in [0.25, 0.3) is 0 Å². The number of hydrogen-bond acceptors (Lipinski definition) is 4. The third-order valence-corrected chi connectivity index (χ3v) is 4.10. The summed E-state index contributed by atoms with van der Waals surface area (Å²) in [7, 11) is 0. The maximum Gasteiger partial charge on any atom is 0.419 e. The van der Waals surface area contributed by atoms with Gasteiger partial charge in [-0.1, -0.05) is 0 Å². The molecule has 3 rings (SSSR count). The van der Waals surface area contributed by atoms with Gasteiger partial charge in [0.05, 0.1) is 15.1 Å². The van der Waals surface area contributed by atoms with Crippen LogP contribution in [0.15, 0.2) is 40.9 Å². The molecular weight excluding hydrogens is 371 g/mol. The lowest BCUT2D eigenvalue weighted by Gasteiger charge is -2.17. The molecule has 0 saturated carbocycles. The molecule has 8 heteroatoms. The van der Waals surface area contributed by atoms with E-state index >= 15 is 0 Å². The number of hydrogen-bond donors (Lipinski definition) is 0. The molecule has 2 aromatic carbocycles. The number of carbonyl (C=O) groups excluding carboxylic acids is 1. The van der Waals surface area contributed by atoms with Crippen LogP contribution < -0.4 is 9.64 Å². The molecule has 2 aromatic rings. The monoisotopic (exact) mass is 380 g/mol. The highest BCUT2D eigenvalue weighted by atomic mass is 79.9. The van der Waals surface area contributed by atoms with Gasteiger partial charge in [0, 0.05) is 18.7 Å². The molecule has 0 aliphatic carbocycles. The van der Waals surface area contributed by atoms with Crippen molar-refractivity contribution in [2.24, 2.45) is 0 Å². The number of nitro benzene ring substituents is 1. The van der Waals surface area contributed by atoms with Gasteiger partial charge in [0.2, 0.25) is 0 Å². The molecule has 0 atom stereocenters. The van der Waals surface area contributed by atoms with Crippen LogP contribution in [0.4, 0.5) is 20.6 Å². The molecule has 0 unspecified atom stereocenters. The van der Waals surface area contributed by atoms with Crippen molar-refractivity contribution in [2.45, 2.75) is 6.42 Å². The molecule has 1 aliphatic rings. The van der Waals surface area contributed by atoms with Crippen molar-refractivity contribution in [1.82, 2.24) is 0 Å². The van der Waals surface area contributed by atoms with Crippen molar-refractivity contribution in [3.8, 4) is 5.75 Å². The summed E-state index contributed by atoms with van der Waals surface area (Å²) in [6.45, 7) is 0.386. The van der Waals surface area contributed by atoms with Gasteiger partial charge < -0.3 is 4.74 Å². The highest BCUT2D eigenvalue weighted by Gasteiger charge is 2.27. The molecule has 0 radical (unpaired) electrons. The molecule has 0 bridgehead atoms. The minimum atomic E-state index is -0.653. The first-order valence-electron chi connectivity index (χ1n) is 6.67. The number of amides is 1. The summed E-state index contributed by atoms with van der Waals surface area (Å²) >= 11 is 3.11. The normalized spacial score (nSPS) is 12.9. The molecule has 1 aliphatic heterocycles. The van der Waals surface area contributed by atoms with Gasteiger partial charge in [-0.05, 0) is 52.2 Å². The van der Waals surface area contributed by atoms with Crippen LogP contribution >= 0.6 is 15.9 Å². The molecule has 0 aromatic heterocycles. The zero-order valence-corrected chi connectivity index (χ0v) is 13.2. The van der Waals surface area contributed by atoms with Crippen molar-refractivity contribution >= 4 is 33.4 Å². The van der Waals surface area contributed by atoms with Crippen molar-refractivity contribution in [1.29, 1.82) is 0 Å². The third-order valence-electron chi connectivity index (χ3n) is 3.49. The molecule has 0 N–H and O–H groups in total. The van der Waals surface area contributed by atoms with Crippen LogP contribution in [0.3, 0.4) is 0 Å². The summed E-state index contributed by atoms with van der Waals surface area (Å²) in [5.74, 6) is -0.273. The van der Waals surface area contributed by atoms with E-state index in [0.717, 1.165) is 5.56 Å². The van der Waals surface area contributed by atoms with E-state index in [1.165, 1.54) is 35.2 Å². The van der Waals surface area contributed by atoms with Crippen LogP contribution in [0.1, 0.15) is 5.56 Å². The van der Waals surface area contributed by atoms with E-state index in [0.29, 0.717) is 23.1 Å². The number of ether oxygens (including phenoxy) is 1. The average Bonchev–Trinajstić information content (AvgIpc) is 2.91. The Kier molecular flexibility index (Phi) is 3.99.